The molecule has 0 spiro atoms. The molecular weight excluding hydrogens is 188 g/mol. The molecule has 1 amide bonds. The van der Waals surface area contributed by atoms with Crippen molar-refractivity contribution >= 4 is 17.3 Å². The van der Waals surface area contributed by atoms with Crippen LogP contribution in [0, 0.1) is 6.92 Å². The van der Waals surface area contributed by atoms with Crippen LogP contribution in [0.2, 0.25) is 0 Å². The van der Waals surface area contributed by atoms with Gasteiger partial charge in [0.2, 0.25) is 5.91 Å². The number of carbonyl (C=O) groups excluding carboxylic acids is 1. The van der Waals surface area contributed by atoms with E-state index in [-0.39, 0.29) is 11.9 Å². The number of benzene rings is 1. The van der Waals surface area contributed by atoms with Crippen molar-refractivity contribution in [1.82, 2.24) is 0 Å². The van der Waals surface area contributed by atoms with Crippen molar-refractivity contribution in [3.05, 3.63) is 23.8 Å². The van der Waals surface area contributed by atoms with Crippen LogP contribution in [0.3, 0.4) is 0 Å². The first-order valence-corrected chi connectivity index (χ1v) is 5.28. The molecule has 3 nitrogen and oxygen atoms in total. The van der Waals surface area contributed by atoms with Crippen LogP contribution >= 0.6 is 0 Å². The molecule has 0 aromatic heterocycles. The third-order valence-electron chi connectivity index (χ3n) is 2.88. The number of amides is 1. The van der Waals surface area contributed by atoms with E-state index in [9.17, 15) is 4.79 Å². The molecule has 0 saturated heterocycles. The molecular formula is C12H16N2O. The van der Waals surface area contributed by atoms with E-state index in [1.165, 1.54) is 5.56 Å². The van der Waals surface area contributed by atoms with E-state index in [4.69, 9.17) is 0 Å². The highest BCUT2D eigenvalue weighted by Gasteiger charge is 2.28. The number of carbonyl (C=O) groups is 1. The monoisotopic (exact) mass is 204 g/mol. The zero-order chi connectivity index (χ0) is 11.0. The SMILES string of the molecule is CCC1Nc2ccc(C)cc2N(C)C1=O. The van der Waals surface area contributed by atoms with Gasteiger partial charge in [-0.15, -0.1) is 0 Å². The zero-order valence-electron chi connectivity index (χ0n) is 9.37. The van der Waals surface area contributed by atoms with Gasteiger partial charge in [-0.05, 0) is 31.0 Å². The van der Waals surface area contributed by atoms with Crippen LogP contribution in [0.25, 0.3) is 0 Å². The molecule has 0 bridgehead atoms. The van der Waals surface area contributed by atoms with E-state index in [1.54, 1.807) is 4.90 Å². The van der Waals surface area contributed by atoms with Gasteiger partial charge in [-0.1, -0.05) is 13.0 Å². The second-order valence-electron chi connectivity index (χ2n) is 4.02. The van der Waals surface area contributed by atoms with Crippen molar-refractivity contribution in [2.45, 2.75) is 26.3 Å². The standard InChI is InChI=1S/C12H16N2O/c1-4-9-12(15)14(3)11-7-8(2)5-6-10(11)13-9/h5-7,9,13H,4H2,1-3H3. The molecule has 1 aliphatic rings. The van der Waals surface area contributed by atoms with Gasteiger partial charge in [0.05, 0.1) is 11.4 Å². The molecule has 1 aromatic rings. The summed E-state index contributed by atoms with van der Waals surface area (Å²) >= 11 is 0. The Balaban J connectivity index is 2.45. The largest absolute Gasteiger partial charge is 0.372 e. The highest BCUT2D eigenvalue weighted by molar-refractivity contribution is 6.04. The van der Waals surface area contributed by atoms with E-state index in [2.05, 4.69) is 11.4 Å². The molecule has 3 heteroatoms. The number of likely N-dealkylation sites (N-methyl/N-ethyl adjacent to an activating group) is 1. The summed E-state index contributed by atoms with van der Waals surface area (Å²) in [6, 6.07) is 6.05. The number of nitrogens with one attached hydrogen (secondary N) is 1. The Labute approximate surface area is 90.1 Å². The Hall–Kier alpha value is -1.51. The molecule has 0 saturated carbocycles. The highest BCUT2D eigenvalue weighted by Crippen LogP contribution is 2.31. The van der Waals surface area contributed by atoms with Gasteiger partial charge in [-0.2, -0.15) is 0 Å². The fourth-order valence-electron chi connectivity index (χ4n) is 1.92. The number of nitrogens with zero attached hydrogens (tertiary/aromatic N) is 1. The minimum atomic E-state index is -0.0785. The van der Waals surface area contributed by atoms with Gasteiger partial charge in [0.25, 0.3) is 0 Å². The van der Waals surface area contributed by atoms with E-state index >= 15 is 0 Å². The minimum Gasteiger partial charge on any atom is -0.372 e. The Kier molecular flexibility index (Phi) is 2.39. The van der Waals surface area contributed by atoms with Crippen LogP contribution in [0.4, 0.5) is 11.4 Å². The third-order valence-corrected chi connectivity index (χ3v) is 2.88. The first-order valence-electron chi connectivity index (χ1n) is 5.28. The van der Waals surface area contributed by atoms with Crippen LogP contribution in [0.5, 0.6) is 0 Å². The van der Waals surface area contributed by atoms with Crippen molar-refractivity contribution in [3.8, 4) is 0 Å². The number of fused-ring (bicyclic) bond motifs is 1. The molecule has 2 rings (SSSR count). The van der Waals surface area contributed by atoms with Gasteiger partial charge >= 0.3 is 0 Å². The first kappa shape index (κ1) is 10.0. The van der Waals surface area contributed by atoms with Crippen molar-refractivity contribution in [2.24, 2.45) is 0 Å². The van der Waals surface area contributed by atoms with Crippen LogP contribution in [-0.4, -0.2) is 19.0 Å². The molecule has 0 radical (unpaired) electrons. The summed E-state index contributed by atoms with van der Waals surface area (Å²) in [5.41, 5.74) is 3.20. The summed E-state index contributed by atoms with van der Waals surface area (Å²) in [6.45, 7) is 4.05. The van der Waals surface area contributed by atoms with Gasteiger partial charge in [0.15, 0.2) is 0 Å². The molecule has 0 fully saturated rings. The maximum atomic E-state index is 11.9. The molecule has 1 N–H and O–H groups in total. The molecule has 1 heterocycles. The van der Waals surface area contributed by atoms with Crippen molar-refractivity contribution in [1.29, 1.82) is 0 Å². The summed E-state index contributed by atoms with van der Waals surface area (Å²) in [7, 11) is 1.84. The minimum absolute atomic E-state index is 0.0785. The number of rotatable bonds is 1. The predicted octanol–water partition coefficient (Wildman–Crippen LogP) is 2.16. The van der Waals surface area contributed by atoms with Crippen LogP contribution < -0.4 is 10.2 Å². The number of hydrogen-bond acceptors (Lipinski definition) is 2. The third kappa shape index (κ3) is 1.58. The van der Waals surface area contributed by atoms with Crippen LogP contribution in [-0.2, 0) is 4.79 Å². The molecule has 0 aliphatic carbocycles. The lowest BCUT2D eigenvalue weighted by molar-refractivity contribution is -0.119. The Morgan fingerprint density at radius 1 is 1.47 bits per heavy atom. The average molecular weight is 204 g/mol. The highest BCUT2D eigenvalue weighted by atomic mass is 16.2. The molecule has 1 atom stereocenters. The van der Waals surface area contributed by atoms with Crippen LogP contribution in [0.15, 0.2) is 18.2 Å². The quantitative estimate of drug-likeness (QED) is 0.760. The number of anilines is 2. The second kappa shape index (κ2) is 3.57. The lowest BCUT2D eigenvalue weighted by Crippen LogP contribution is -2.44. The Morgan fingerprint density at radius 2 is 2.20 bits per heavy atom. The summed E-state index contributed by atoms with van der Waals surface area (Å²) in [6.07, 6.45) is 0.816. The molecule has 1 aliphatic heterocycles. The van der Waals surface area contributed by atoms with Crippen molar-refractivity contribution in [2.75, 3.05) is 17.3 Å². The molecule has 1 unspecified atom stereocenters. The normalized spacial score (nSPS) is 19.8. The van der Waals surface area contributed by atoms with Gasteiger partial charge < -0.3 is 10.2 Å². The van der Waals surface area contributed by atoms with Gasteiger partial charge in [0.1, 0.15) is 6.04 Å². The number of hydrogen-bond donors (Lipinski definition) is 1. The molecule has 15 heavy (non-hydrogen) atoms. The van der Waals surface area contributed by atoms with E-state index in [0.717, 1.165) is 17.8 Å². The second-order valence-corrected chi connectivity index (χ2v) is 4.02. The fraction of sp³-hybridized carbons (Fsp3) is 0.417. The lowest BCUT2D eigenvalue weighted by atomic mass is 10.1. The summed E-state index contributed by atoms with van der Waals surface area (Å²) < 4.78 is 0. The predicted molar refractivity (Wildman–Crippen MR) is 62.3 cm³/mol. The maximum Gasteiger partial charge on any atom is 0.249 e. The van der Waals surface area contributed by atoms with Crippen molar-refractivity contribution in [3.63, 3.8) is 0 Å². The van der Waals surface area contributed by atoms with Gasteiger partial charge in [-0.25, -0.2) is 0 Å². The summed E-state index contributed by atoms with van der Waals surface area (Å²) in [5, 5.41) is 3.26. The Morgan fingerprint density at radius 3 is 2.87 bits per heavy atom. The number of aryl methyl sites for hydroxylation is 1. The molecule has 1 aromatic carbocycles. The van der Waals surface area contributed by atoms with Gasteiger partial charge in [-0.3, -0.25) is 4.79 Å². The summed E-state index contributed by atoms with van der Waals surface area (Å²) in [5.74, 6) is 0.149. The summed E-state index contributed by atoms with van der Waals surface area (Å²) in [4.78, 5) is 13.6. The topological polar surface area (TPSA) is 32.3 Å². The van der Waals surface area contributed by atoms with E-state index < -0.39 is 0 Å². The van der Waals surface area contributed by atoms with E-state index in [1.807, 2.05) is 33.0 Å². The van der Waals surface area contributed by atoms with Crippen LogP contribution in [0.1, 0.15) is 18.9 Å². The first-order chi connectivity index (χ1) is 7.13. The maximum absolute atomic E-state index is 11.9. The van der Waals surface area contributed by atoms with Crippen molar-refractivity contribution < 1.29 is 4.79 Å². The average Bonchev–Trinajstić information content (AvgIpc) is 2.24. The van der Waals surface area contributed by atoms with Gasteiger partial charge in [0, 0.05) is 7.05 Å². The lowest BCUT2D eigenvalue weighted by Gasteiger charge is -2.32. The smallest absolute Gasteiger partial charge is 0.249 e. The van der Waals surface area contributed by atoms with E-state index in [0.29, 0.717) is 0 Å². The zero-order valence-corrected chi connectivity index (χ0v) is 9.37. The fourth-order valence-corrected chi connectivity index (χ4v) is 1.92. The molecule has 80 valence electrons. The Bertz CT molecular complexity index is 401.